The van der Waals surface area contributed by atoms with Crippen molar-refractivity contribution in [3.8, 4) is 0 Å². The zero-order valence-corrected chi connectivity index (χ0v) is 13.8. The van der Waals surface area contributed by atoms with E-state index in [1.54, 1.807) is 21.5 Å². The Labute approximate surface area is 143 Å². The van der Waals surface area contributed by atoms with Gasteiger partial charge in [-0.15, -0.1) is 0 Å². The molecule has 0 atom stereocenters. The molecule has 7 nitrogen and oxygen atoms in total. The maximum absolute atomic E-state index is 13.8. The first-order valence-electron chi connectivity index (χ1n) is 8.09. The van der Waals surface area contributed by atoms with E-state index in [1.807, 2.05) is 13.0 Å². The largest absolute Gasteiger partial charge is 0.353 e. The van der Waals surface area contributed by atoms with Crippen molar-refractivity contribution in [1.82, 2.24) is 24.5 Å². The van der Waals surface area contributed by atoms with Crippen LogP contribution in [-0.2, 0) is 0 Å². The summed E-state index contributed by atoms with van der Waals surface area (Å²) in [5, 5.41) is 4.22. The van der Waals surface area contributed by atoms with Gasteiger partial charge in [0, 0.05) is 37.9 Å². The predicted octanol–water partition coefficient (Wildman–Crippen LogP) is 1.53. The van der Waals surface area contributed by atoms with Crippen LogP contribution in [-0.4, -0.2) is 56.6 Å². The van der Waals surface area contributed by atoms with Crippen molar-refractivity contribution < 1.29 is 9.18 Å². The summed E-state index contributed by atoms with van der Waals surface area (Å²) >= 11 is 0. The van der Waals surface area contributed by atoms with Crippen molar-refractivity contribution in [2.75, 3.05) is 31.1 Å². The van der Waals surface area contributed by atoms with Crippen LogP contribution in [0.2, 0.25) is 0 Å². The fourth-order valence-electron chi connectivity index (χ4n) is 3.08. The fourth-order valence-corrected chi connectivity index (χ4v) is 3.08. The normalized spacial score (nSPS) is 15.0. The first-order valence-corrected chi connectivity index (χ1v) is 8.09. The van der Waals surface area contributed by atoms with Gasteiger partial charge in [-0.1, -0.05) is 12.1 Å². The summed E-state index contributed by atoms with van der Waals surface area (Å²) in [6.07, 6.45) is 1.48. The number of carbonyl (C=O) groups excluding carboxylic acids is 1. The van der Waals surface area contributed by atoms with Crippen molar-refractivity contribution in [3.63, 3.8) is 0 Å². The van der Waals surface area contributed by atoms with Gasteiger partial charge >= 0.3 is 0 Å². The van der Waals surface area contributed by atoms with Crippen molar-refractivity contribution in [2.24, 2.45) is 0 Å². The molecule has 25 heavy (non-hydrogen) atoms. The van der Waals surface area contributed by atoms with Gasteiger partial charge in [-0.2, -0.15) is 14.6 Å². The van der Waals surface area contributed by atoms with Crippen molar-refractivity contribution >= 4 is 17.5 Å². The molecular formula is C17H17FN6O. The van der Waals surface area contributed by atoms with Crippen LogP contribution < -0.4 is 4.90 Å². The lowest BCUT2D eigenvalue weighted by Gasteiger charge is -2.36. The average molecular weight is 340 g/mol. The highest BCUT2D eigenvalue weighted by Crippen LogP contribution is 2.19. The minimum atomic E-state index is -0.482. The zero-order valence-electron chi connectivity index (χ0n) is 13.8. The number of rotatable bonds is 2. The topological polar surface area (TPSA) is 66.6 Å². The molecule has 0 radical (unpaired) electrons. The number of piperazine rings is 1. The molecule has 1 amide bonds. The number of benzene rings is 1. The molecule has 1 aliphatic heterocycles. The van der Waals surface area contributed by atoms with Crippen LogP contribution in [0.1, 0.15) is 16.1 Å². The van der Waals surface area contributed by atoms with Gasteiger partial charge in [0.1, 0.15) is 18.0 Å². The molecule has 3 heterocycles. The number of aromatic nitrogens is 4. The number of anilines is 1. The Morgan fingerprint density at radius 2 is 1.92 bits per heavy atom. The predicted molar refractivity (Wildman–Crippen MR) is 90.0 cm³/mol. The van der Waals surface area contributed by atoms with Crippen LogP contribution in [0.25, 0.3) is 5.78 Å². The third-order valence-electron chi connectivity index (χ3n) is 4.36. The standard InChI is InChI=1S/C17H17FN6O/c1-12-10-15(24-17(21-12)19-11-20-24)22-6-8-23(9-7-22)16(25)13-4-2-3-5-14(13)18/h2-5,10-11H,6-9H2,1H3. The zero-order chi connectivity index (χ0) is 17.4. The second kappa shape index (κ2) is 6.12. The maximum Gasteiger partial charge on any atom is 0.256 e. The first kappa shape index (κ1) is 15.5. The van der Waals surface area contributed by atoms with Crippen LogP contribution in [0.5, 0.6) is 0 Å². The van der Waals surface area contributed by atoms with Crippen molar-refractivity contribution in [1.29, 1.82) is 0 Å². The van der Waals surface area contributed by atoms with Gasteiger partial charge in [0.25, 0.3) is 11.7 Å². The molecule has 0 unspecified atom stereocenters. The van der Waals surface area contributed by atoms with Crippen LogP contribution in [0.3, 0.4) is 0 Å². The summed E-state index contributed by atoms with van der Waals surface area (Å²) in [5.74, 6) is 0.705. The summed E-state index contributed by atoms with van der Waals surface area (Å²) in [4.78, 5) is 24.8. The third-order valence-corrected chi connectivity index (χ3v) is 4.36. The molecule has 0 N–H and O–H groups in total. The molecule has 1 saturated heterocycles. The lowest BCUT2D eigenvalue weighted by atomic mass is 10.1. The smallest absolute Gasteiger partial charge is 0.256 e. The molecule has 128 valence electrons. The van der Waals surface area contributed by atoms with E-state index in [0.717, 1.165) is 11.5 Å². The Hall–Kier alpha value is -3.03. The average Bonchev–Trinajstić information content (AvgIpc) is 3.09. The minimum Gasteiger partial charge on any atom is -0.353 e. The van der Waals surface area contributed by atoms with Crippen molar-refractivity contribution in [3.05, 3.63) is 53.7 Å². The van der Waals surface area contributed by atoms with Crippen LogP contribution in [0.4, 0.5) is 10.2 Å². The highest BCUT2D eigenvalue weighted by Gasteiger charge is 2.25. The summed E-state index contributed by atoms with van der Waals surface area (Å²) in [5.41, 5.74) is 0.981. The summed E-state index contributed by atoms with van der Waals surface area (Å²) in [6.45, 7) is 4.23. The van der Waals surface area contributed by atoms with E-state index < -0.39 is 5.82 Å². The Morgan fingerprint density at radius 1 is 1.16 bits per heavy atom. The molecule has 3 aromatic rings. The van der Waals surface area contributed by atoms with E-state index in [4.69, 9.17) is 0 Å². The Morgan fingerprint density at radius 3 is 2.68 bits per heavy atom. The molecule has 1 aromatic carbocycles. The number of nitrogens with zero attached hydrogens (tertiary/aromatic N) is 6. The highest BCUT2D eigenvalue weighted by atomic mass is 19.1. The number of aryl methyl sites for hydroxylation is 1. The van der Waals surface area contributed by atoms with E-state index in [1.165, 1.54) is 18.5 Å². The van der Waals surface area contributed by atoms with E-state index in [9.17, 15) is 9.18 Å². The lowest BCUT2D eigenvalue weighted by molar-refractivity contribution is 0.0741. The van der Waals surface area contributed by atoms with Gasteiger partial charge in [0.05, 0.1) is 5.56 Å². The monoisotopic (exact) mass is 340 g/mol. The van der Waals surface area contributed by atoms with Gasteiger partial charge in [-0.3, -0.25) is 4.79 Å². The van der Waals surface area contributed by atoms with Crippen molar-refractivity contribution in [2.45, 2.75) is 6.92 Å². The first-order chi connectivity index (χ1) is 12.1. The van der Waals surface area contributed by atoms with Crippen LogP contribution in [0.15, 0.2) is 36.7 Å². The number of amides is 1. The molecule has 8 heteroatoms. The Balaban J connectivity index is 1.52. The van der Waals surface area contributed by atoms with E-state index >= 15 is 0 Å². The quantitative estimate of drug-likeness (QED) is 0.708. The van der Waals surface area contributed by atoms with Gasteiger partial charge in [-0.05, 0) is 19.1 Å². The van der Waals surface area contributed by atoms with E-state index in [2.05, 4.69) is 20.0 Å². The fraction of sp³-hybridized carbons (Fsp3) is 0.294. The minimum absolute atomic E-state index is 0.120. The molecule has 1 fully saturated rings. The second-order valence-corrected chi connectivity index (χ2v) is 5.99. The number of halogens is 1. The lowest BCUT2D eigenvalue weighted by Crippen LogP contribution is -2.49. The summed E-state index contributed by atoms with van der Waals surface area (Å²) < 4.78 is 15.5. The van der Waals surface area contributed by atoms with Gasteiger partial charge < -0.3 is 9.80 Å². The molecule has 1 aliphatic rings. The molecule has 0 saturated carbocycles. The van der Waals surface area contributed by atoms with Gasteiger partial charge in [0.15, 0.2) is 0 Å². The molecule has 2 aromatic heterocycles. The number of hydrogen-bond donors (Lipinski definition) is 0. The van der Waals surface area contributed by atoms with Gasteiger partial charge in [0.2, 0.25) is 0 Å². The molecule has 0 bridgehead atoms. The SMILES string of the molecule is Cc1cc(N2CCN(C(=O)c3ccccc3F)CC2)n2ncnc2n1. The molecule has 0 aliphatic carbocycles. The molecular weight excluding hydrogens is 323 g/mol. The summed E-state index contributed by atoms with van der Waals surface area (Å²) in [6, 6.07) is 8.04. The number of fused-ring (bicyclic) bond motifs is 1. The number of hydrogen-bond acceptors (Lipinski definition) is 5. The highest BCUT2D eigenvalue weighted by molar-refractivity contribution is 5.94. The van der Waals surface area contributed by atoms with E-state index in [0.29, 0.717) is 32.0 Å². The second-order valence-electron chi connectivity index (χ2n) is 5.99. The Bertz CT molecular complexity index is 932. The van der Waals surface area contributed by atoms with Crippen LogP contribution in [0, 0.1) is 12.7 Å². The van der Waals surface area contributed by atoms with Crippen LogP contribution >= 0.6 is 0 Å². The number of carbonyl (C=O) groups is 1. The molecule has 0 spiro atoms. The molecule has 4 rings (SSSR count). The maximum atomic E-state index is 13.8. The Kier molecular flexibility index (Phi) is 3.79. The van der Waals surface area contributed by atoms with Gasteiger partial charge in [-0.25, -0.2) is 9.37 Å². The third kappa shape index (κ3) is 2.79. The van der Waals surface area contributed by atoms with E-state index in [-0.39, 0.29) is 11.5 Å². The summed E-state index contributed by atoms with van der Waals surface area (Å²) in [7, 11) is 0.